The Hall–Kier alpha value is -1.84. The Labute approximate surface area is 167 Å². The summed E-state index contributed by atoms with van der Waals surface area (Å²) in [7, 11) is 0. The Morgan fingerprint density at radius 3 is 2.52 bits per heavy atom. The number of carbonyl (C=O) groups excluding carboxylic acids is 1. The second kappa shape index (κ2) is 9.38. The third-order valence-electron chi connectivity index (χ3n) is 5.46. The first-order valence-electron chi connectivity index (χ1n) is 9.89. The summed E-state index contributed by atoms with van der Waals surface area (Å²) in [6.07, 6.45) is 2.73. The standard InChI is InChI=1S/C23H29ClN2O/c1-3-22(19-9-7-17(2)8-10-19)25-23(27)20-11-13-26(14-12-20)16-18-5-4-6-21(24)15-18/h4-10,15,20,22H,3,11-14,16H2,1-2H3,(H,25,27). The van der Waals surface area contributed by atoms with E-state index in [1.54, 1.807) is 0 Å². The molecule has 1 atom stereocenters. The number of rotatable bonds is 6. The fraction of sp³-hybridized carbons (Fsp3) is 0.435. The van der Waals surface area contributed by atoms with Gasteiger partial charge in [0.2, 0.25) is 5.91 Å². The van der Waals surface area contributed by atoms with Crippen molar-refractivity contribution in [2.45, 2.75) is 45.7 Å². The van der Waals surface area contributed by atoms with Crippen molar-refractivity contribution in [3.63, 3.8) is 0 Å². The monoisotopic (exact) mass is 384 g/mol. The molecule has 27 heavy (non-hydrogen) atoms. The number of likely N-dealkylation sites (tertiary alicyclic amines) is 1. The van der Waals surface area contributed by atoms with Crippen molar-refractivity contribution in [2.75, 3.05) is 13.1 Å². The summed E-state index contributed by atoms with van der Waals surface area (Å²) in [6.45, 7) is 7.01. The third-order valence-corrected chi connectivity index (χ3v) is 5.69. The van der Waals surface area contributed by atoms with Crippen LogP contribution in [0.5, 0.6) is 0 Å². The number of benzene rings is 2. The zero-order valence-corrected chi connectivity index (χ0v) is 17.0. The number of amides is 1. The Bertz CT molecular complexity index is 751. The summed E-state index contributed by atoms with van der Waals surface area (Å²) in [5.41, 5.74) is 3.66. The van der Waals surface area contributed by atoms with Crippen LogP contribution in [0.4, 0.5) is 0 Å². The Kier molecular flexibility index (Phi) is 6.92. The first kappa shape index (κ1) is 19.9. The lowest BCUT2D eigenvalue weighted by atomic mass is 9.94. The normalized spacial score (nSPS) is 16.9. The fourth-order valence-corrected chi connectivity index (χ4v) is 3.97. The van der Waals surface area contributed by atoms with Crippen LogP contribution in [0.15, 0.2) is 48.5 Å². The molecule has 1 aliphatic heterocycles. The lowest BCUT2D eigenvalue weighted by Crippen LogP contribution is -2.41. The summed E-state index contributed by atoms with van der Waals surface area (Å²) in [4.78, 5) is 15.2. The van der Waals surface area contributed by atoms with E-state index in [0.717, 1.165) is 43.9 Å². The van der Waals surface area contributed by atoms with Gasteiger partial charge in [0.05, 0.1) is 6.04 Å². The Morgan fingerprint density at radius 2 is 1.89 bits per heavy atom. The van der Waals surface area contributed by atoms with Gasteiger partial charge in [0, 0.05) is 17.5 Å². The van der Waals surface area contributed by atoms with E-state index in [0.29, 0.717) is 0 Å². The van der Waals surface area contributed by atoms with E-state index in [4.69, 9.17) is 11.6 Å². The van der Waals surface area contributed by atoms with Crippen LogP contribution in [0.2, 0.25) is 5.02 Å². The number of halogens is 1. The van der Waals surface area contributed by atoms with E-state index >= 15 is 0 Å². The van der Waals surface area contributed by atoms with Crippen molar-refractivity contribution in [1.82, 2.24) is 10.2 Å². The van der Waals surface area contributed by atoms with Crippen LogP contribution in [0, 0.1) is 12.8 Å². The van der Waals surface area contributed by atoms with Gasteiger partial charge in [-0.25, -0.2) is 0 Å². The van der Waals surface area contributed by atoms with Gasteiger partial charge in [-0.15, -0.1) is 0 Å². The van der Waals surface area contributed by atoms with Crippen LogP contribution in [-0.4, -0.2) is 23.9 Å². The SMILES string of the molecule is CCC(NC(=O)C1CCN(Cc2cccc(Cl)c2)CC1)c1ccc(C)cc1. The highest BCUT2D eigenvalue weighted by Crippen LogP contribution is 2.23. The van der Waals surface area contributed by atoms with Gasteiger partial charge in [0.25, 0.3) is 0 Å². The van der Waals surface area contributed by atoms with Crippen LogP contribution in [0.25, 0.3) is 0 Å². The van der Waals surface area contributed by atoms with Crippen molar-refractivity contribution in [3.8, 4) is 0 Å². The van der Waals surface area contributed by atoms with E-state index in [2.05, 4.69) is 54.4 Å². The van der Waals surface area contributed by atoms with Gasteiger partial charge in [-0.2, -0.15) is 0 Å². The molecule has 0 aliphatic carbocycles. The van der Waals surface area contributed by atoms with Crippen LogP contribution < -0.4 is 5.32 Å². The lowest BCUT2D eigenvalue weighted by molar-refractivity contribution is -0.127. The van der Waals surface area contributed by atoms with E-state index in [1.165, 1.54) is 16.7 Å². The average molecular weight is 385 g/mol. The smallest absolute Gasteiger partial charge is 0.223 e. The largest absolute Gasteiger partial charge is 0.349 e. The van der Waals surface area contributed by atoms with Gasteiger partial charge in [-0.1, -0.05) is 60.5 Å². The third kappa shape index (κ3) is 5.57. The molecule has 144 valence electrons. The number of aryl methyl sites for hydroxylation is 1. The quantitative estimate of drug-likeness (QED) is 0.748. The maximum atomic E-state index is 12.8. The van der Waals surface area contributed by atoms with Crippen molar-refractivity contribution < 1.29 is 4.79 Å². The molecule has 3 rings (SSSR count). The summed E-state index contributed by atoms with van der Waals surface area (Å²) < 4.78 is 0. The van der Waals surface area contributed by atoms with Crippen molar-refractivity contribution in [1.29, 1.82) is 0 Å². The Balaban J connectivity index is 1.51. The highest BCUT2D eigenvalue weighted by molar-refractivity contribution is 6.30. The topological polar surface area (TPSA) is 32.3 Å². The molecule has 2 aromatic carbocycles. The maximum absolute atomic E-state index is 12.8. The molecule has 1 fully saturated rings. The van der Waals surface area contributed by atoms with Crippen LogP contribution in [0.3, 0.4) is 0 Å². The second-order valence-electron chi connectivity index (χ2n) is 7.56. The van der Waals surface area contributed by atoms with E-state index in [1.807, 2.05) is 18.2 Å². The molecule has 1 heterocycles. The van der Waals surface area contributed by atoms with Crippen molar-refractivity contribution in [2.24, 2.45) is 5.92 Å². The zero-order valence-electron chi connectivity index (χ0n) is 16.2. The zero-order chi connectivity index (χ0) is 19.2. The predicted octanol–water partition coefficient (Wildman–Crippen LogP) is 5.13. The second-order valence-corrected chi connectivity index (χ2v) is 8.00. The van der Waals surface area contributed by atoms with Gasteiger partial charge >= 0.3 is 0 Å². The average Bonchev–Trinajstić information content (AvgIpc) is 2.67. The molecular formula is C23H29ClN2O. The number of hydrogen-bond acceptors (Lipinski definition) is 2. The molecule has 0 bridgehead atoms. The molecule has 2 aromatic rings. The maximum Gasteiger partial charge on any atom is 0.223 e. The molecule has 3 nitrogen and oxygen atoms in total. The number of carbonyl (C=O) groups is 1. The number of piperidine rings is 1. The fourth-order valence-electron chi connectivity index (χ4n) is 3.76. The molecule has 1 amide bonds. The molecule has 4 heteroatoms. The summed E-state index contributed by atoms with van der Waals surface area (Å²) in [5.74, 6) is 0.310. The molecule has 0 saturated carbocycles. The molecule has 1 N–H and O–H groups in total. The molecule has 1 aliphatic rings. The van der Waals surface area contributed by atoms with Gasteiger partial charge in [0.15, 0.2) is 0 Å². The number of hydrogen-bond donors (Lipinski definition) is 1. The molecule has 0 radical (unpaired) electrons. The van der Waals surface area contributed by atoms with E-state index in [-0.39, 0.29) is 17.9 Å². The molecule has 1 unspecified atom stereocenters. The van der Waals surface area contributed by atoms with Crippen LogP contribution in [-0.2, 0) is 11.3 Å². The molecule has 1 saturated heterocycles. The summed E-state index contributed by atoms with van der Waals surface area (Å²) >= 11 is 6.08. The summed E-state index contributed by atoms with van der Waals surface area (Å²) in [5, 5.41) is 4.05. The van der Waals surface area contributed by atoms with Crippen LogP contribution in [0.1, 0.15) is 48.9 Å². The van der Waals surface area contributed by atoms with Crippen molar-refractivity contribution >= 4 is 17.5 Å². The van der Waals surface area contributed by atoms with E-state index in [9.17, 15) is 4.79 Å². The lowest BCUT2D eigenvalue weighted by Gasteiger charge is -2.32. The first-order valence-corrected chi connectivity index (χ1v) is 10.3. The number of nitrogens with zero attached hydrogens (tertiary/aromatic N) is 1. The van der Waals surface area contributed by atoms with Gasteiger partial charge in [-0.05, 0) is 62.5 Å². The van der Waals surface area contributed by atoms with E-state index < -0.39 is 0 Å². The predicted molar refractivity (Wildman–Crippen MR) is 112 cm³/mol. The van der Waals surface area contributed by atoms with Crippen LogP contribution >= 0.6 is 11.6 Å². The molecule has 0 spiro atoms. The summed E-state index contributed by atoms with van der Waals surface area (Å²) in [6, 6.07) is 16.6. The van der Waals surface area contributed by atoms with Gasteiger partial charge < -0.3 is 5.32 Å². The highest BCUT2D eigenvalue weighted by Gasteiger charge is 2.26. The minimum Gasteiger partial charge on any atom is -0.349 e. The number of nitrogens with one attached hydrogen (secondary N) is 1. The first-order chi connectivity index (χ1) is 13.0. The van der Waals surface area contributed by atoms with Gasteiger partial charge in [-0.3, -0.25) is 9.69 Å². The highest BCUT2D eigenvalue weighted by atomic mass is 35.5. The Morgan fingerprint density at radius 1 is 1.19 bits per heavy atom. The minimum absolute atomic E-state index is 0.0996. The molecule has 0 aromatic heterocycles. The van der Waals surface area contributed by atoms with Gasteiger partial charge in [0.1, 0.15) is 0 Å². The molecular weight excluding hydrogens is 356 g/mol. The minimum atomic E-state index is 0.0996. The van der Waals surface area contributed by atoms with Crippen molar-refractivity contribution in [3.05, 3.63) is 70.2 Å².